The van der Waals surface area contributed by atoms with Gasteiger partial charge < -0.3 is 4.80 Å². The van der Waals surface area contributed by atoms with Crippen LogP contribution in [0.15, 0.2) is 55.1 Å². The molecule has 2 heteroatoms. The highest BCUT2D eigenvalue weighted by atomic mass is 28.4. The number of unbranched alkanes of at least 4 members (excludes halogenated alkanes) is 1. The molecule has 0 saturated carbocycles. The van der Waals surface area contributed by atoms with Crippen LogP contribution in [0, 0.1) is 0 Å². The summed E-state index contributed by atoms with van der Waals surface area (Å²) in [5.41, 5.74) is 0. The van der Waals surface area contributed by atoms with Crippen molar-refractivity contribution in [2.75, 3.05) is 0 Å². The molecule has 0 saturated heterocycles. The van der Waals surface area contributed by atoms with Gasteiger partial charge in [-0.15, -0.1) is 6.58 Å². The van der Waals surface area contributed by atoms with Crippen LogP contribution in [0.2, 0.25) is 12.1 Å². The SMILES string of the molecule is C=CC[Si](O)(CCCC)c1cccc2ccccc12. The predicted octanol–water partition coefficient (Wildman–Crippen LogP) is 3.97. The third-order valence-corrected chi connectivity index (χ3v) is 7.30. The van der Waals surface area contributed by atoms with E-state index in [0.717, 1.165) is 24.9 Å². The van der Waals surface area contributed by atoms with Crippen molar-refractivity contribution in [3.8, 4) is 0 Å². The number of rotatable bonds is 6. The molecule has 0 heterocycles. The molecule has 0 spiro atoms. The Bertz CT molecular complexity index is 559. The minimum absolute atomic E-state index is 0.737. The minimum atomic E-state index is -2.43. The summed E-state index contributed by atoms with van der Waals surface area (Å²) in [6, 6.07) is 16.3. The highest BCUT2D eigenvalue weighted by molar-refractivity contribution is 6.87. The van der Waals surface area contributed by atoms with E-state index in [2.05, 4.69) is 43.8 Å². The topological polar surface area (TPSA) is 20.2 Å². The fraction of sp³-hybridized carbons (Fsp3) is 0.294. The van der Waals surface area contributed by atoms with Gasteiger partial charge in [0, 0.05) is 0 Å². The quantitative estimate of drug-likeness (QED) is 0.622. The maximum atomic E-state index is 11.2. The highest BCUT2D eigenvalue weighted by Gasteiger charge is 2.32. The van der Waals surface area contributed by atoms with Gasteiger partial charge in [-0.1, -0.05) is 68.3 Å². The molecule has 0 amide bonds. The summed E-state index contributed by atoms with van der Waals surface area (Å²) in [6.07, 6.45) is 4.08. The zero-order valence-electron chi connectivity index (χ0n) is 11.6. The summed E-state index contributed by atoms with van der Waals surface area (Å²) in [5, 5.41) is 3.59. The first kappa shape index (κ1) is 14.0. The van der Waals surface area contributed by atoms with E-state index in [1.165, 1.54) is 16.0 Å². The van der Waals surface area contributed by atoms with Crippen LogP contribution in [0.1, 0.15) is 19.8 Å². The average Bonchev–Trinajstić information content (AvgIpc) is 2.45. The largest absolute Gasteiger partial charge is 0.427 e. The summed E-state index contributed by atoms with van der Waals surface area (Å²) in [4.78, 5) is 11.2. The molecule has 1 N–H and O–H groups in total. The Morgan fingerprint density at radius 1 is 1.16 bits per heavy atom. The van der Waals surface area contributed by atoms with E-state index >= 15 is 0 Å². The second kappa shape index (κ2) is 6.18. The van der Waals surface area contributed by atoms with Crippen LogP contribution >= 0.6 is 0 Å². The third kappa shape index (κ3) is 2.96. The van der Waals surface area contributed by atoms with E-state index in [9.17, 15) is 4.80 Å². The van der Waals surface area contributed by atoms with E-state index < -0.39 is 8.32 Å². The lowest BCUT2D eigenvalue weighted by Crippen LogP contribution is -2.47. The molecule has 0 aliphatic carbocycles. The molecule has 0 aliphatic heterocycles. The normalized spacial score (nSPS) is 14.2. The summed E-state index contributed by atoms with van der Waals surface area (Å²) < 4.78 is 0. The third-order valence-electron chi connectivity index (χ3n) is 3.72. The lowest BCUT2D eigenvalue weighted by Gasteiger charge is -2.26. The van der Waals surface area contributed by atoms with E-state index in [1.54, 1.807) is 0 Å². The van der Waals surface area contributed by atoms with Crippen molar-refractivity contribution in [2.45, 2.75) is 31.9 Å². The van der Waals surface area contributed by atoms with Gasteiger partial charge in [-0.25, -0.2) is 0 Å². The lowest BCUT2D eigenvalue weighted by atomic mass is 10.1. The molecule has 2 aromatic rings. The standard InChI is InChI=1S/C17H22OSi/c1-3-5-14-19(18,13-4-2)17-12-8-10-15-9-6-7-11-16(15)17/h4,6-12,18H,2-3,5,13-14H2,1H3. The van der Waals surface area contributed by atoms with Gasteiger partial charge >= 0.3 is 0 Å². The Hall–Kier alpha value is -1.38. The molecule has 0 aliphatic rings. The summed E-state index contributed by atoms with van der Waals surface area (Å²) in [5.74, 6) is 0. The predicted molar refractivity (Wildman–Crippen MR) is 86.3 cm³/mol. The van der Waals surface area contributed by atoms with Crippen LogP contribution in [-0.4, -0.2) is 13.1 Å². The zero-order chi connectivity index (χ0) is 13.7. The fourth-order valence-corrected chi connectivity index (χ4v) is 5.93. The molecule has 100 valence electrons. The van der Waals surface area contributed by atoms with Gasteiger partial charge in [-0.2, -0.15) is 0 Å². The molecular formula is C17H22OSi. The Morgan fingerprint density at radius 2 is 1.89 bits per heavy atom. The van der Waals surface area contributed by atoms with Crippen LogP contribution in [0.4, 0.5) is 0 Å². The molecule has 1 atom stereocenters. The molecule has 0 aromatic heterocycles. The second-order valence-electron chi connectivity index (χ2n) is 5.15. The summed E-state index contributed by atoms with van der Waals surface area (Å²) >= 11 is 0. The maximum absolute atomic E-state index is 11.2. The van der Waals surface area contributed by atoms with Gasteiger partial charge in [-0.3, -0.25) is 0 Å². The number of fused-ring (bicyclic) bond motifs is 1. The molecule has 1 nitrogen and oxygen atoms in total. The van der Waals surface area contributed by atoms with Crippen molar-refractivity contribution in [1.29, 1.82) is 0 Å². The molecule has 2 rings (SSSR count). The van der Waals surface area contributed by atoms with Crippen molar-refractivity contribution in [2.24, 2.45) is 0 Å². The smallest absolute Gasteiger partial charge is 0.224 e. The molecule has 0 fully saturated rings. The number of benzene rings is 2. The van der Waals surface area contributed by atoms with E-state index in [1.807, 2.05) is 18.2 Å². The van der Waals surface area contributed by atoms with Crippen molar-refractivity contribution >= 4 is 24.3 Å². The highest BCUT2D eigenvalue weighted by Crippen LogP contribution is 2.21. The monoisotopic (exact) mass is 270 g/mol. The first-order chi connectivity index (χ1) is 9.21. The Labute approximate surface area is 116 Å². The average molecular weight is 270 g/mol. The van der Waals surface area contributed by atoms with Crippen molar-refractivity contribution in [1.82, 2.24) is 0 Å². The second-order valence-corrected chi connectivity index (χ2v) is 8.66. The number of hydrogen-bond acceptors (Lipinski definition) is 1. The van der Waals surface area contributed by atoms with Crippen LogP contribution in [-0.2, 0) is 0 Å². The summed E-state index contributed by atoms with van der Waals surface area (Å²) in [7, 11) is -2.43. The first-order valence-electron chi connectivity index (χ1n) is 7.03. The molecule has 19 heavy (non-hydrogen) atoms. The zero-order valence-corrected chi connectivity index (χ0v) is 12.6. The summed E-state index contributed by atoms with van der Waals surface area (Å²) in [6.45, 7) is 6.01. The van der Waals surface area contributed by atoms with Crippen LogP contribution < -0.4 is 5.19 Å². The first-order valence-corrected chi connectivity index (χ1v) is 9.39. The molecule has 0 radical (unpaired) electrons. The van der Waals surface area contributed by atoms with E-state index in [-0.39, 0.29) is 0 Å². The molecule has 0 bridgehead atoms. The van der Waals surface area contributed by atoms with Crippen LogP contribution in [0.5, 0.6) is 0 Å². The van der Waals surface area contributed by atoms with E-state index in [0.29, 0.717) is 0 Å². The van der Waals surface area contributed by atoms with Crippen molar-refractivity contribution in [3.05, 3.63) is 55.1 Å². The van der Waals surface area contributed by atoms with Gasteiger partial charge in [0.15, 0.2) is 0 Å². The maximum Gasteiger partial charge on any atom is 0.224 e. The van der Waals surface area contributed by atoms with Crippen molar-refractivity contribution < 1.29 is 4.80 Å². The van der Waals surface area contributed by atoms with Gasteiger partial charge in [-0.05, 0) is 28.0 Å². The minimum Gasteiger partial charge on any atom is -0.427 e. The van der Waals surface area contributed by atoms with Gasteiger partial charge in [0.1, 0.15) is 0 Å². The molecule has 2 aromatic carbocycles. The number of hydrogen-bond donors (Lipinski definition) is 1. The lowest BCUT2D eigenvalue weighted by molar-refractivity contribution is 0.545. The fourth-order valence-electron chi connectivity index (χ4n) is 2.69. The van der Waals surface area contributed by atoms with Gasteiger partial charge in [0.25, 0.3) is 0 Å². The Balaban J connectivity index is 2.52. The number of allylic oxidation sites excluding steroid dienone is 1. The van der Waals surface area contributed by atoms with Crippen LogP contribution in [0.3, 0.4) is 0 Å². The molecule has 1 unspecified atom stereocenters. The Morgan fingerprint density at radius 3 is 2.63 bits per heavy atom. The van der Waals surface area contributed by atoms with Gasteiger partial charge in [0.2, 0.25) is 8.32 Å². The van der Waals surface area contributed by atoms with Crippen molar-refractivity contribution in [3.63, 3.8) is 0 Å². The Kier molecular flexibility index (Phi) is 4.56. The molecular weight excluding hydrogens is 248 g/mol. The van der Waals surface area contributed by atoms with Crippen LogP contribution in [0.25, 0.3) is 10.8 Å². The van der Waals surface area contributed by atoms with E-state index in [4.69, 9.17) is 0 Å². The van der Waals surface area contributed by atoms with Gasteiger partial charge in [0.05, 0.1) is 0 Å².